The van der Waals surface area contributed by atoms with E-state index in [1.54, 1.807) is 6.26 Å². The van der Waals surface area contributed by atoms with Crippen LogP contribution in [0.1, 0.15) is 24.3 Å². The molecule has 0 saturated heterocycles. The van der Waals surface area contributed by atoms with Crippen LogP contribution in [0.2, 0.25) is 0 Å². The Bertz CT molecular complexity index is 568. The predicted molar refractivity (Wildman–Crippen MR) is 74.2 cm³/mol. The van der Waals surface area contributed by atoms with Gasteiger partial charge in [-0.3, -0.25) is 0 Å². The summed E-state index contributed by atoms with van der Waals surface area (Å²) in [5, 5.41) is 3.41. The zero-order chi connectivity index (χ0) is 13.2. The van der Waals surface area contributed by atoms with Crippen molar-refractivity contribution in [3.63, 3.8) is 0 Å². The number of benzene rings is 1. The fourth-order valence-electron chi connectivity index (χ4n) is 2.03. The van der Waals surface area contributed by atoms with E-state index >= 15 is 0 Å². The van der Waals surface area contributed by atoms with Crippen molar-refractivity contribution in [2.45, 2.75) is 19.5 Å². The topological polar surface area (TPSA) is 43.6 Å². The number of nitrogens with one attached hydrogen (secondary N) is 1. The summed E-state index contributed by atoms with van der Waals surface area (Å²) in [6, 6.07) is 8.06. The Morgan fingerprint density at radius 2 is 2.26 bits per heavy atom. The molecule has 0 radical (unpaired) electrons. The molecule has 1 aliphatic heterocycles. The zero-order valence-electron chi connectivity index (χ0n) is 10.5. The van der Waals surface area contributed by atoms with Crippen LogP contribution in [0.25, 0.3) is 0 Å². The lowest BCUT2D eigenvalue weighted by Gasteiger charge is -2.12. The van der Waals surface area contributed by atoms with Crippen LogP contribution in [0.3, 0.4) is 0 Å². The molecule has 5 heteroatoms. The van der Waals surface area contributed by atoms with Gasteiger partial charge in [-0.05, 0) is 52.7 Å². The molecular weight excluding hydrogens is 310 g/mol. The normalized spacial score (nSPS) is 14.6. The highest BCUT2D eigenvalue weighted by molar-refractivity contribution is 9.10. The van der Waals surface area contributed by atoms with E-state index in [1.807, 2.05) is 24.3 Å². The van der Waals surface area contributed by atoms with Gasteiger partial charge < -0.3 is 19.2 Å². The van der Waals surface area contributed by atoms with Crippen LogP contribution >= 0.6 is 15.9 Å². The van der Waals surface area contributed by atoms with E-state index in [0.29, 0.717) is 0 Å². The maximum Gasteiger partial charge on any atom is 0.231 e. The number of halogens is 1. The van der Waals surface area contributed by atoms with Gasteiger partial charge in [0.05, 0.1) is 16.8 Å². The molecule has 1 aromatic carbocycles. The van der Waals surface area contributed by atoms with Crippen LogP contribution in [0, 0.1) is 0 Å². The Morgan fingerprint density at radius 1 is 1.37 bits per heavy atom. The molecule has 1 aromatic heterocycles. The fraction of sp³-hybridized carbons (Fsp3) is 0.286. The average Bonchev–Trinajstić information content (AvgIpc) is 3.06. The highest BCUT2D eigenvalue weighted by atomic mass is 79.9. The summed E-state index contributed by atoms with van der Waals surface area (Å²) in [7, 11) is 0. The molecule has 0 aliphatic carbocycles. The molecule has 0 saturated carbocycles. The second-order valence-corrected chi connectivity index (χ2v) is 5.28. The molecule has 3 rings (SSSR count). The summed E-state index contributed by atoms with van der Waals surface area (Å²) < 4.78 is 17.1. The molecule has 0 amide bonds. The number of hydrogen-bond acceptors (Lipinski definition) is 4. The molecule has 4 nitrogen and oxygen atoms in total. The third-order valence-electron chi connectivity index (χ3n) is 3.07. The Labute approximate surface area is 119 Å². The minimum atomic E-state index is 0.166. The monoisotopic (exact) mass is 323 g/mol. The third kappa shape index (κ3) is 2.62. The van der Waals surface area contributed by atoms with Crippen LogP contribution in [0.15, 0.2) is 39.4 Å². The fourth-order valence-corrected chi connectivity index (χ4v) is 2.64. The van der Waals surface area contributed by atoms with E-state index in [0.717, 1.165) is 33.8 Å². The Kier molecular flexibility index (Phi) is 3.48. The van der Waals surface area contributed by atoms with Gasteiger partial charge in [0.1, 0.15) is 5.76 Å². The molecule has 2 heterocycles. The molecule has 2 aromatic rings. The molecule has 1 aliphatic rings. The molecule has 100 valence electrons. The summed E-state index contributed by atoms with van der Waals surface area (Å²) in [6.45, 7) is 3.09. The summed E-state index contributed by atoms with van der Waals surface area (Å²) >= 11 is 3.49. The molecule has 1 N–H and O–H groups in total. The SMILES string of the molecule is C[C@H](NCc1cc(Br)c2c(c1)OCO2)c1ccco1. The van der Waals surface area contributed by atoms with Crippen LogP contribution in [-0.2, 0) is 6.54 Å². The van der Waals surface area contributed by atoms with Gasteiger partial charge in [0, 0.05) is 6.54 Å². The van der Waals surface area contributed by atoms with Crippen molar-refractivity contribution >= 4 is 15.9 Å². The smallest absolute Gasteiger partial charge is 0.231 e. The van der Waals surface area contributed by atoms with Gasteiger partial charge in [-0.15, -0.1) is 0 Å². The minimum absolute atomic E-state index is 0.166. The van der Waals surface area contributed by atoms with Gasteiger partial charge in [0.15, 0.2) is 11.5 Å². The van der Waals surface area contributed by atoms with E-state index in [2.05, 4.69) is 28.2 Å². The minimum Gasteiger partial charge on any atom is -0.468 e. The van der Waals surface area contributed by atoms with Crippen molar-refractivity contribution in [1.82, 2.24) is 5.32 Å². The van der Waals surface area contributed by atoms with E-state index in [9.17, 15) is 0 Å². The molecule has 0 unspecified atom stereocenters. The Balaban J connectivity index is 1.69. The van der Waals surface area contributed by atoms with Gasteiger partial charge in [-0.1, -0.05) is 0 Å². The Morgan fingerprint density at radius 3 is 3.05 bits per heavy atom. The molecule has 0 bridgehead atoms. The lowest BCUT2D eigenvalue weighted by molar-refractivity contribution is 0.173. The average molecular weight is 324 g/mol. The first-order valence-electron chi connectivity index (χ1n) is 6.09. The van der Waals surface area contributed by atoms with E-state index < -0.39 is 0 Å². The largest absolute Gasteiger partial charge is 0.468 e. The highest BCUT2D eigenvalue weighted by Gasteiger charge is 2.18. The van der Waals surface area contributed by atoms with E-state index in [1.165, 1.54) is 0 Å². The number of furan rings is 1. The molecular formula is C14H14BrNO3. The number of fused-ring (bicyclic) bond motifs is 1. The van der Waals surface area contributed by atoms with Crippen molar-refractivity contribution in [2.24, 2.45) is 0 Å². The van der Waals surface area contributed by atoms with Crippen LogP contribution in [0.4, 0.5) is 0 Å². The first-order valence-corrected chi connectivity index (χ1v) is 6.88. The first kappa shape index (κ1) is 12.6. The summed E-state index contributed by atoms with van der Waals surface area (Å²) in [5.41, 5.74) is 1.13. The summed E-state index contributed by atoms with van der Waals surface area (Å²) in [5.74, 6) is 2.50. The van der Waals surface area contributed by atoms with Crippen LogP contribution < -0.4 is 14.8 Å². The van der Waals surface area contributed by atoms with Crippen molar-refractivity contribution < 1.29 is 13.9 Å². The van der Waals surface area contributed by atoms with Gasteiger partial charge in [0.25, 0.3) is 0 Å². The Hall–Kier alpha value is -1.46. The standard InChI is InChI=1S/C14H14BrNO3/c1-9(12-3-2-4-17-12)16-7-10-5-11(15)14-13(6-10)18-8-19-14/h2-6,9,16H,7-8H2,1H3/t9-/m0/s1. The number of ether oxygens (including phenoxy) is 2. The maximum absolute atomic E-state index is 5.40. The second kappa shape index (κ2) is 5.27. The predicted octanol–water partition coefficient (Wildman–Crippen LogP) is 3.62. The van der Waals surface area contributed by atoms with Crippen molar-refractivity contribution in [3.05, 3.63) is 46.3 Å². The molecule has 19 heavy (non-hydrogen) atoms. The molecule has 0 spiro atoms. The summed E-state index contributed by atoms with van der Waals surface area (Å²) in [6.07, 6.45) is 1.69. The summed E-state index contributed by atoms with van der Waals surface area (Å²) in [4.78, 5) is 0. The highest BCUT2D eigenvalue weighted by Crippen LogP contribution is 2.40. The van der Waals surface area contributed by atoms with E-state index in [4.69, 9.17) is 13.9 Å². The maximum atomic E-state index is 5.40. The van der Waals surface area contributed by atoms with Crippen LogP contribution in [0.5, 0.6) is 11.5 Å². The van der Waals surface area contributed by atoms with Crippen molar-refractivity contribution in [3.8, 4) is 11.5 Å². The molecule has 0 fully saturated rings. The second-order valence-electron chi connectivity index (χ2n) is 4.43. The lowest BCUT2D eigenvalue weighted by atomic mass is 10.2. The number of hydrogen-bond donors (Lipinski definition) is 1. The van der Waals surface area contributed by atoms with E-state index in [-0.39, 0.29) is 12.8 Å². The zero-order valence-corrected chi connectivity index (χ0v) is 12.1. The quantitative estimate of drug-likeness (QED) is 0.933. The van der Waals surface area contributed by atoms with Gasteiger partial charge in [0.2, 0.25) is 6.79 Å². The third-order valence-corrected chi connectivity index (χ3v) is 3.66. The first-order chi connectivity index (χ1) is 9.24. The van der Waals surface area contributed by atoms with Gasteiger partial charge in [-0.2, -0.15) is 0 Å². The van der Waals surface area contributed by atoms with Gasteiger partial charge >= 0.3 is 0 Å². The van der Waals surface area contributed by atoms with Crippen LogP contribution in [-0.4, -0.2) is 6.79 Å². The molecule has 1 atom stereocenters. The van der Waals surface area contributed by atoms with Gasteiger partial charge in [-0.25, -0.2) is 0 Å². The lowest BCUT2D eigenvalue weighted by Crippen LogP contribution is -2.17. The van der Waals surface area contributed by atoms with Crippen molar-refractivity contribution in [2.75, 3.05) is 6.79 Å². The number of rotatable bonds is 4. The van der Waals surface area contributed by atoms with Crippen molar-refractivity contribution in [1.29, 1.82) is 0 Å².